The third kappa shape index (κ3) is 6.65. The van der Waals surface area contributed by atoms with Crippen molar-refractivity contribution in [3.63, 3.8) is 0 Å². The van der Waals surface area contributed by atoms with Crippen LogP contribution in [0, 0.1) is 0 Å². The summed E-state index contributed by atoms with van der Waals surface area (Å²) in [6.07, 6.45) is 0.668. The minimum absolute atomic E-state index is 0.0365. The van der Waals surface area contributed by atoms with Crippen LogP contribution in [0.5, 0.6) is 0 Å². The molecule has 0 saturated carbocycles. The molecule has 0 aromatic carbocycles. The Labute approximate surface area is 103 Å². The second-order valence-electron chi connectivity index (χ2n) is 3.24. The Hall–Kier alpha value is 0.120. The van der Waals surface area contributed by atoms with E-state index in [1.165, 1.54) is 4.31 Å². The molecule has 7 heteroatoms. The molecule has 16 heavy (non-hydrogen) atoms. The quantitative estimate of drug-likeness (QED) is 0.431. The van der Waals surface area contributed by atoms with Gasteiger partial charge in [-0.2, -0.15) is 4.31 Å². The lowest BCUT2D eigenvalue weighted by Gasteiger charge is -2.21. The summed E-state index contributed by atoms with van der Waals surface area (Å²) in [5, 5.41) is 0. The van der Waals surface area contributed by atoms with Gasteiger partial charge >= 0.3 is 0 Å². The van der Waals surface area contributed by atoms with Gasteiger partial charge in [-0.1, -0.05) is 0 Å². The van der Waals surface area contributed by atoms with Gasteiger partial charge in [-0.15, -0.1) is 11.6 Å². The molecule has 5 nitrogen and oxygen atoms in total. The number of halogens is 1. The van der Waals surface area contributed by atoms with E-state index >= 15 is 0 Å². The van der Waals surface area contributed by atoms with Crippen LogP contribution in [-0.4, -0.2) is 64.9 Å². The van der Waals surface area contributed by atoms with Crippen molar-refractivity contribution in [2.24, 2.45) is 0 Å². The molecule has 0 bridgehead atoms. The van der Waals surface area contributed by atoms with Gasteiger partial charge in [0.15, 0.2) is 0 Å². The summed E-state index contributed by atoms with van der Waals surface area (Å²) in [4.78, 5) is 0. The Kier molecular flexibility index (Phi) is 9.25. The fraction of sp³-hybridized carbons (Fsp3) is 1.00. The average molecular weight is 274 g/mol. The molecule has 0 aliphatic carbocycles. The highest BCUT2D eigenvalue weighted by atomic mass is 35.5. The van der Waals surface area contributed by atoms with E-state index in [0.29, 0.717) is 32.7 Å². The molecule has 0 radical (unpaired) electrons. The first kappa shape index (κ1) is 16.1. The molecule has 0 atom stereocenters. The lowest BCUT2D eigenvalue weighted by Crippen LogP contribution is -2.37. The van der Waals surface area contributed by atoms with Gasteiger partial charge in [0.05, 0.1) is 12.4 Å². The number of nitrogens with zero attached hydrogens (tertiary/aromatic N) is 1. The summed E-state index contributed by atoms with van der Waals surface area (Å²) >= 11 is 5.46. The van der Waals surface area contributed by atoms with E-state index in [2.05, 4.69) is 0 Å². The Morgan fingerprint density at radius 2 is 1.75 bits per heavy atom. The maximum atomic E-state index is 11.8. The molecule has 0 aromatic heterocycles. The van der Waals surface area contributed by atoms with E-state index in [0.717, 1.165) is 0 Å². The molecule has 0 heterocycles. The zero-order valence-corrected chi connectivity index (χ0v) is 11.4. The number of ether oxygens (including phenoxy) is 2. The van der Waals surface area contributed by atoms with Gasteiger partial charge < -0.3 is 9.47 Å². The SMILES string of the molecule is COCCCN(CCOC)S(=O)(=O)CCCl. The van der Waals surface area contributed by atoms with Crippen molar-refractivity contribution in [1.29, 1.82) is 0 Å². The first-order valence-corrected chi connectivity index (χ1v) is 7.24. The van der Waals surface area contributed by atoms with Crippen LogP contribution < -0.4 is 0 Å². The van der Waals surface area contributed by atoms with Crippen LogP contribution in [0.15, 0.2) is 0 Å². The fourth-order valence-electron chi connectivity index (χ4n) is 1.19. The molecule has 98 valence electrons. The standard InChI is InChI=1S/C9H20ClNO4S/c1-14-7-3-5-11(6-8-15-2)16(12,13)9-4-10/h3-9H2,1-2H3. The van der Waals surface area contributed by atoms with Crippen molar-refractivity contribution in [2.45, 2.75) is 6.42 Å². The van der Waals surface area contributed by atoms with Crippen molar-refractivity contribution < 1.29 is 17.9 Å². The highest BCUT2D eigenvalue weighted by molar-refractivity contribution is 7.89. The van der Waals surface area contributed by atoms with Gasteiger partial charge in [-0.05, 0) is 6.42 Å². The smallest absolute Gasteiger partial charge is 0.215 e. The maximum Gasteiger partial charge on any atom is 0.215 e. The molecule has 0 fully saturated rings. The highest BCUT2D eigenvalue weighted by Gasteiger charge is 2.20. The summed E-state index contributed by atoms with van der Waals surface area (Å²) in [6, 6.07) is 0. The predicted molar refractivity (Wildman–Crippen MR) is 64.4 cm³/mol. The van der Waals surface area contributed by atoms with E-state index in [-0.39, 0.29) is 11.6 Å². The van der Waals surface area contributed by atoms with Gasteiger partial charge in [-0.25, -0.2) is 8.42 Å². The normalized spacial score (nSPS) is 12.2. The van der Waals surface area contributed by atoms with Gasteiger partial charge in [-0.3, -0.25) is 0 Å². The highest BCUT2D eigenvalue weighted by Crippen LogP contribution is 2.04. The van der Waals surface area contributed by atoms with Crippen LogP contribution in [0.25, 0.3) is 0 Å². The van der Waals surface area contributed by atoms with Crippen LogP contribution in [0.2, 0.25) is 0 Å². The van der Waals surface area contributed by atoms with E-state index in [1.807, 2.05) is 0 Å². The van der Waals surface area contributed by atoms with Crippen LogP contribution in [0.3, 0.4) is 0 Å². The number of methoxy groups -OCH3 is 2. The van der Waals surface area contributed by atoms with Gasteiger partial charge in [0.2, 0.25) is 10.0 Å². The molecule has 0 aliphatic heterocycles. The molecular weight excluding hydrogens is 254 g/mol. The second-order valence-corrected chi connectivity index (χ2v) is 5.71. The zero-order chi connectivity index (χ0) is 12.4. The lowest BCUT2D eigenvalue weighted by atomic mass is 10.4. The fourth-order valence-corrected chi connectivity index (χ4v) is 2.99. The van der Waals surface area contributed by atoms with Crippen LogP contribution in [0.1, 0.15) is 6.42 Å². The number of hydrogen-bond donors (Lipinski definition) is 0. The largest absolute Gasteiger partial charge is 0.385 e. The molecule has 0 aromatic rings. The van der Waals surface area contributed by atoms with E-state index < -0.39 is 10.0 Å². The Morgan fingerprint density at radius 3 is 2.25 bits per heavy atom. The zero-order valence-electron chi connectivity index (χ0n) is 9.82. The lowest BCUT2D eigenvalue weighted by molar-refractivity contribution is 0.164. The molecule has 0 N–H and O–H groups in total. The monoisotopic (exact) mass is 273 g/mol. The maximum absolute atomic E-state index is 11.8. The first-order chi connectivity index (χ1) is 7.58. The Morgan fingerprint density at radius 1 is 1.12 bits per heavy atom. The third-order valence-corrected chi connectivity index (χ3v) is 4.31. The number of sulfonamides is 1. The van der Waals surface area contributed by atoms with Gasteiger partial charge in [0.1, 0.15) is 0 Å². The van der Waals surface area contributed by atoms with E-state index in [1.54, 1.807) is 14.2 Å². The first-order valence-electron chi connectivity index (χ1n) is 5.10. The topological polar surface area (TPSA) is 55.8 Å². The van der Waals surface area contributed by atoms with Crippen molar-refractivity contribution >= 4 is 21.6 Å². The summed E-state index contributed by atoms with van der Waals surface area (Å²) in [6.45, 7) is 1.73. The van der Waals surface area contributed by atoms with Gasteiger partial charge in [0, 0.05) is 39.8 Å². The molecule has 0 aliphatic rings. The average Bonchev–Trinajstić information content (AvgIpc) is 2.22. The Balaban J connectivity index is 4.28. The molecule has 0 unspecified atom stereocenters. The van der Waals surface area contributed by atoms with E-state index in [4.69, 9.17) is 21.1 Å². The summed E-state index contributed by atoms with van der Waals surface area (Å²) < 4.78 is 34.7. The molecule has 0 rings (SSSR count). The molecule has 0 amide bonds. The summed E-state index contributed by atoms with van der Waals surface area (Å²) in [5.41, 5.74) is 0. The van der Waals surface area contributed by atoms with Crippen LogP contribution in [0.4, 0.5) is 0 Å². The molecular formula is C9H20ClNO4S. The van der Waals surface area contributed by atoms with Crippen molar-refractivity contribution in [2.75, 3.05) is 52.2 Å². The molecule has 0 spiro atoms. The van der Waals surface area contributed by atoms with Gasteiger partial charge in [0.25, 0.3) is 0 Å². The van der Waals surface area contributed by atoms with E-state index in [9.17, 15) is 8.42 Å². The number of alkyl halides is 1. The second kappa shape index (κ2) is 9.18. The summed E-state index contributed by atoms with van der Waals surface area (Å²) in [5.74, 6) is 0.0708. The predicted octanol–water partition coefficient (Wildman–Crippen LogP) is 0.540. The number of rotatable bonds is 10. The third-order valence-electron chi connectivity index (χ3n) is 2.03. The van der Waals surface area contributed by atoms with Crippen LogP contribution >= 0.6 is 11.6 Å². The summed E-state index contributed by atoms with van der Waals surface area (Å²) in [7, 11) is -0.126. The minimum Gasteiger partial charge on any atom is -0.385 e. The van der Waals surface area contributed by atoms with Crippen molar-refractivity contribution in [3.8, 4) is 0 Å². The van der Waals surface area contributed by atoms with Crippen molar-refractivity contribution in [1.82, 2.24) is 4.31 Å². The Bertz CT molecular complexity index is 258. The minimum atomic E-state index is -3.26. The van der Waals surface area contributed by atoms with Crippen LogP contribution in [-0.2, 0) is 19.5 Å². The van der Waals surface area contributed by atoms with Crippen molar-refractivity contribution in [3.05, 3.63) is 0 Å². The number of hydrogen-bond acceptors (Lipinski definition) is 4. The molecule has 0 saturated heterocycles.